The van der Waals surface area contributed by atoms with Crippen molar-refractivity contribution in [1.82, 2.24) is 5.32 Å². The molecule has 7 heteroatoms. The Morgan fingerprint density at radius 1 is 0.800 bits per heavy atom. The number of nitrogens with one attached hydrogen (secondary N) is 1. The number of amides is 1. The topological polar surface area (TPSA) is 86.3 Å². The Labute approximate surface area is 239 Å². The molecule has 7 nitrogen and oxygen atoms in total. The van der Waals surface area contributed by atoms with E-state index in [9.17, 15) is 9.90 Å². The van der Waals surface area contributed by atoms with E-state index in [1.807, 2.05) is 78.9 Å². The van der Waals surface area contributed by atoms with Crippen molar-refractivity contribution in [3.05, 3.63) is 119 Å². The Bertz CT molecular complexity index is 1480. The highest BCUT2D eigenvalue weighted by molar-refractivity contribution is 5.79. The molecule has 40 heavy (non-hydrogen) atoms. The summed E-state index contributed by atoms with van der Waals surface area (Å²) < 4.78 is 45.1. The molecule has 0 aromatic heterocycles. The highest BCUT2D eigenvalue weighted by Crippen LogP contribution is 2.35. The minimum Gasteiger partial charge on any atom is -0.493 e. The van der Waals surface area contributed by atoms with Crippen molar-refractivity contribution < 1.29 is 33.0 Å². The number of methoxy groups -OCH3 is 2. The van der Waals surface area contributed by atoms with Crippen LogP contribution in [0.5, 0.6) is 23.0 Å². The van der Waals surface area contributed by atoms with Gasteiger partial charge in [-0.05, 0) is 46.9 Å². The van der Waals surface area contributed by atoms with Crippen LogP contribution in [0.1, 0.15) is 31.9 Å². The SMILES string of the molecule is [2H]C([2H])([2H])Oc1ccc(CC(=O)NCCc2ccc(OCc3ccccc3)c(OC)c2)c(CO)c1OCc1ccccc1. The van der Waals surface area contributed by atoms with Gasteiger partial charge in [-0.3, -0.25) is 4.79 Å². The van der Waals surface area contributed by atoms with Gasteiger partial charge in [0.2, 0.25) is 5.91 Å². The third-order valence-corrected chi connectivity index (χ3v) is 6.37. The van der Waals surface area contributed by atoms with Gasteiger partial charge < -0.3 is 29.4 Å². The molecular formula is C33H35NO6. The molecule has 0 saturated heterocycles. The molecule has 4 aromatic carbocycles. The van der Waals surface area contributed by atoms with Gasteiger partial charge in [0.15, 0.2) is 23.0 Å². The number of hydrogen-bond donors (Lipinski definition) is 2. The molecule has 0 unspecified atom stereocenters. The fraction of sp³-hybridized carbons (Fsp3) is 0.242. The molecule has 0 aliphatic rings. The highest BCUT2D eigenvalue weighted by Gasteiger charge is 2.17. The standard InChI is InChI=1S/C33H35NO6/c1-37-30-16-14-27(28(21-35)33(30)40-23-26-11-7-4-8-12-26)20-32(36)34-18-17-24-13-15-29(31(19-24)38-2)39-22-25-9-5-3-6-10-25/h3-16,19,35H,17-18,20-23H2,1-2H3,(H,34,36)/i1D3. The minimum atomic E-state index is -2.72. The van der Waals surface area contributed by atoms with Gasteiger partial charge in [0.1, 0.15) is 13.2 Å². The third kappa shape index (κ3) is 7.77. The number of aliphatic hydroxyl groups is 1. The van der Waals surface area contributed by atoms with Crippen molar-refractivity contribution in [1.29, 1.82) is 0 Å². The highest BCUT2D eigenvalue weighted by atomic mass is 16.5. The number of carbonyl (C=O) groups is 1. The number of rotatable bonds is 14. The molecule has 0 fully saturated rings. The van der Waals surface area contributed by atoms with Gasteiger partial charge in [0.05, 0.1) is 31.3 Å². The molecule has 0 heterocycles. The van der Waals surface area contributed by atoms with E-state index in [1.165, 1.54) is 6.07 Å². The Balaban J connectivity index is 1.38. The number of carbonyl (C=O) groups excluding carboxylic acids is 1. The number of ether oxygens (including phenoxy) is 4. The second kappa shape index (κ2) is 14.6. The summed E-state index contributed by atoms with van der Waals surface area (Å²) >= 11 is 0. The molecule has 208 valence electrons. The van der Waals surface area contributed by atoms with E-state index >= 15 is 0 Å². The quantitative estimate of drug-likeness (QED) is 0.225. The van der Waals surface area contributed by atoms with Gasteiger partial charge in [0, 0.05) is 12.1 Å². The average molecular weight is 545 g/mol. The predicted octanol–water partition coefficient (Wildman–Crippen LogP) is 5.26. The van der Waals surface area contributed by atoms with Crippen LogP contribution in [0.3, 0.4) is 0 Å². The number of hydrogen-bond acceptors (Lipinski definition) is 6. The van der Waals surface area contributed by atoms with Crippen molar-refractivity contribution in [3.63, 3.8) is 0 Å². The van der Waals surface area contributed by atoms with Gasteiger partial charge in [-0.1, -0.05) is 72.8 Å². The van der Waals surface area contributed by atoms with Crippen LogP contribution in [0, 0.1) is 0 Å². The van der Waals surface area contributed by atoms with Crippen LogP contribution < -0.4 is 24.3 Å². The van der Waals surface area contributed by atoms with Crippen LogP contribution in [0.15, 0.2) is 91.0 Å². The lowest BCUT2D eigenvalue weighted by atomic mass is 10.0. The van der Waals surface area contributed by atoms with Crippen molar-refractivity contribution in [2.75, 3.05) is 20.7 Å². The predicted molar refractivity (Wildman–Crippen MR) is 154 cm³/mol. The maximum Gasteiger partial charge on any atom is 0.224 e. The first-order valence-electron chi connectivity index (χ1n) is 14.5. The summed E-state index contributed by atoms with van der Waals surface area (Å²) in [6.45, 7) is 0.451. The Morgan fingerprint density at radius 3 is 2.12 bits per heavy atom. The van der Waals surface area contributed by atoms with Gasteiger partial charge in [-0.2, -0.15) is 0 Å². The average Bonchev–Trinajstić information content (AvgIpc) is 3.00. The molecule has 0 radical (unpaired) electrons. The summed E-state index contributed by atoms with van der Waals surface area (Å²) in [6.07, 6.45) is 0.520. The number of benzene rings is 4. The molecule has 0 atom stereocenters. The van der Waals surface area contributed by atoms with Crippen LogP contribution in [0.25, 0.3) is 0 Å². The van der Waals surface area contributed by atoms with E-state index in [1.54, 1.807) is 13.2 Å². The zero-order chi connectivity index (χ0) is 30.7. The third-order valence-electron chi connectivity index (χ3n) is 6.37. The van der Waals surface area contributed by atoms with E-state index in [0.717, 1.165) is 16.7 Å². The molecule has 4 aromatic rings. The molecule has 2 N–H and O–H groups in total. The molecular weight excluding hydrogens is 506 g/mol. The summed E-state index contributed by atoms with van der Waals surface area (Å²) in [6, 6.07) is 27.9. The van der Waals surface area contributed by atoms with Crippen LogP contribution in [-0.4, -0.2) is 31.7 Å². The summed E-state index contributed by atoms with van der Waals surface area (Å²) in [7, 11) is -1.13. The first kappa shape index (κ1) is 24.5. The van der Waals surface area contributed by atoms with Gasteiger partial charge >= 0.3 is 0 Å². The summed E-state index contributed by atoms with van der Waals surface area (Å²) in [5, 5.41) is 13.1. The van der Waals surface area contributed by atoms with E-state index in [2.05, 4.69) is 5.32 Å². The molecule has 0 aliphatic carbocycles. The Kier molecular flexibility index (Phi) is 8.96. The lowest BCUT2D eigenvalue weighted by molar-refractivity contribution is -0.120. The van der Waals surface area contributed by atoms with E-state index in [-0.39, 0.29) is 30.4 Å². The van der Waals surface area contributed by atoms with Crippen molar-refractivity contribution in [2.45, 2.75) is 32.7 Å². The van der Waals surface area contributed by atoms with Crippen LogP contribution in [0.4, 0.5) is 0 Å². The maximum absolute atomic E-state index is 12.9. The first-order chi connectivity index (χ1) is 20.8. The maximum atomic E-state index is 12.9. The fourth-order valence-electron chi connectivity index (χ4n) is 4.26. The van der Waals surface area contributed by atoms with Gasteiger partial charge in [-0.25, -0.2) is 0 Å². The number of aliphatic hydroxyl groups excluding tert-OH is 1. The Morgan fingerprint density at radius 2 is 1.48 bits per heavy atom. The second-order valence-corrected chi connectivity index (χ2v) is 9.10. The van der Waals surface area contributed by atoms with E-state index in [0.29, 0.717) is 42.2 Å². The van der Waals surface area contributed by atoms with Crippen LogP contribution >= 0.6 is 0 Å². The second-order valence-electron chi connectivity index (χ2n) is 9.10. The lowest BCUT2D eigenvalue weighted by Gasteiger charge is -2.17. The zero-order valence-corrected chi connectivity index (χ0v) is 22.4. The minimum absolute atomic E-state index is 0.0331. The van der Waals surface area contributed by atoms with Crippen LogP contribution in [-0.2, 0) is 37.5 Å². The Hall–Kier alpha value is -4.49. The monoisotopic (exact) mass is 544 g/mol. The van der Waals surface area contributed by atoms with Crippen molar-refractivity contribution in [3.8, 4) is 23.0 Å². The van der Waals surface area contributed by atoms with Crippen LogP contribution in [0.2, 0.25) is 0 Å². The smallest absolute Gasteiger partial charge is 0.224 e. The summed E-state index contributed by atoms with van der Waals surface area (Å²) in [5.41, 5.74) is 3.66. The molecule has 0 aliphatic heterocycles. The van der Waals surface area contributed by atoms with Crippen molar-refractivity contribution in [2.24, 2.45) is 0 Å². The normalized spacial score (nSPS) is 12.0. The fourth-order valence-corrected chi connectivity index (χ4v) is 4.26. The molecule has 1 amide bonds. The van der Waals surface area contributed by atoms with E-state index in [4.69, 9.17) is 23.1 Å². The summed E-state index contributed by atoms with van der Waals surface area (Å²) in [4.78, 5) is 12.9. The van der Waals surface area contributed by atoms with Gasteiger partial charge in [-0.15, -0.1) is 0 Å². The van der Waals surface area contributed by atoms with E-state index < -0.39 is 13.6 Å². The molecule has 4 rings (SSSR count). The first-order valence-corrected chi connectivity index (χ1v) is 13.0. The van der Waals surface area contributed by atoms with Gasteiger partial charge in [0.25, 0.3) is 0 Å². The molecule has 0 spiro atoms. The largest absolute Gasteiger partial charge is 0.493 e. The summed E-state index contributed by atoms with van der Waals surface area (Å²) in [5.74, 6) is 1.04. The molecule has 0 saturated carbocycles. The molecule has 0 bridgehead atoms. The lowest BCUT2D eigenvalue weighted by Crippen LogP contribution is -2.27. The zero-order valence-electron chi connectivity index (χ0n) is 25.4. The van der Waals surface area contributed by atoms with Crippen molar-refractivity contribution >= 4 is 5.91 Å².